The predicted molar refractivity (Wildman–Crippen MR) is 44.9 cm³/mol. The monoisotopic (exact) mass is 163 g/mol. The lowest BCUT2D eigenvalue weighted by molar-refractivity contribution is 0.101. The van der Waals surface area contributed by atoms with E-state index in [9.17, 15) is 4.79 Å². The fourth-order valence-corrected chi connectivity index (χ4v) is 1.06. The lowest BCUT2D eigenvalue weighted by Gasteiger charge is -1.97. The third-order valence-electron chi connectivity index (χ3n) is 1.85. The highest BCUT2D eigenvalue weighted by Crippen LogP contribution is 2.13. The Morgan fingerprint density at radius 2 is 2.50 bits per heavy atom. The Morgan fingerprint density at radius 1 is 1.83 bits per heavy atom. The van der Waals surface area contributed by atoms with Crippen LogP contribution >= 0.6 is 0 Å². The molecule has 0 amide bonds. The van der Waals surface area contributed by atoms with Crippen molar-refractivity contribution in [1.82, 2.24) is 4.57 Å². The highest BCUT2D eigenvalue weighted by molar-refractivity contribution is 5.95. The summed E-state index contributed by atoms with van der Waals surface area (Å²) in [5, 5.41) is 8.69. The van der Waals surface area contributed by atoms with Crippen molar-refractivity contribution in [2.24, 2.45) is 7.05 Å². The van der Waals surface area contributed by atoms with E-state index in [1.807, 2.05) is 6.07 Å². The number of hydrogen-bond acceptors (Lipinski definition) is 2. The molecule has 0 aliphatic carbocycles. The number of carbonyl (C=O) groups excluding carboxylic acids is 1. The second-order valence-electron chi connectivity index (χ2n) is 2.62. The molecule has 0 saturated heterocycles. The molecule has 0 aromatic carbocycles. The maximum absolute atomic E-state index is 11.1. The number of hydrogen-bond donors (Lipinski definition) is 0. The second-order valence-corrected chi connectivity index (χ2v) is 2.62. The van der Waals surface area contributed by atoms with E-state index in [2.05, 4.69) is 0 Å². The van der Waals surface area contributed by atoms with Crippen LogP contribution < -0.4 is 0 Å². The van der Waals surface area contributed by atoms with E-state index in [4.69, 9.17) is 6.63 Å². The van der Waals surface area contributed by atoms with Gasteiger partial charge in [-0.25, -0.2) is 0 Å². The van der Waals surface area contributed by atoms with E-state index < -0.39 is 0 Å². The molecule has 1 rings (SSSR count). The first-order chi connectivity index (χ1) is 6.11. The quantitative estimate of drug-likeness (QED) is 0.587. The van der Waals surface area contributed by atoms with E-state index in [1.165, 1.54) is 13.0 Å². The molecule has 3 nitrogen and oxygen atoms in total. The van der Waals surface area contributed by atoms with Crippen LogP contribution in [0, 0.1) is 18.2 Å². The standard InChI is InChI=1S/C9H10N2O/c1-6-9(7(2)12)4-8(5-10)11(6)3/h4H,1-3H3/i1D. The third kappa shape index (κ3) is 1.12. The zero-order valence-corrected chi connectivity index (χ0v) is 7.09. The third-order valence-corrected chi connectivity index (χ3v) is 1.85. The summed E-state index contributed by atoms with van der Waals surface area (Å²) in [7, 11) is 1.69. The van der Waals surface area contributed by atoms with Gasteiger partial charge in [0.25, 0.3) is 0 Å². The van der Waals surface area contributed by atoms with Crippen molar-refractivity contribution in [2.75, 3.05) is 0 Å². The Labute approximate surface area is 72.6 Å². The first-order valence-electron chi connectivity index (χ1n) is 4.21. The van der Waals surface area contributed by atoms with Gasteiger partial charge >= 0.3 is 0 Å². The predicted octanol–water partition coefficient (Wildman–Crippen LogP) is 1.41. The van der Waals surface area contributed by atoms with Crippen LogP contribution in [0.3, 0.4) is 0 Å². The zero-order valence-electron chi connectivity index (χ0n) is 8.09. The van der Waals surface area contributed by atoms with Crippen LogP contribution in [-0.4, -0.2) is 10.4 Å². The summed E-state index contributed by atoms with van der Waals surface area (Å²) < 4.78 is 8.81. The van der Waals surface area contributed by atoms with Gasteiger partial charge in [0.15, 0.2) is 5.78 Å². The van der Waals surface area contributed by atoms with Crippen molar-refractivity contribution in [1.29, 1.82) is 5.26 Å². The molecule has 1 aromatic rings. The van der Waals surface area contributed by atoms with Gasteiger partial charge in [0.2, 0.25) is 0 Å². The van der Waals surface area contributed by atoms with Gasteiger partial charge in [-0.3, -0.25) is 4.79 Å². The molecule has 3 heteroatoms. The van der Waals surface area contributed by atoms with Gasteiger partial charge < -0.3 is 4.57 Å². The summed E-state index contributed by atoms with van der Waals surface area (Å²) in [5.41, 5.74) is 1.51. The van der Waals surface area contributed by atoms with Crippen LogP contribution in [0.15, 0.2) is 6.07 Å². The molecular formula is C9H10N2O. The van der Waals surface area contributed by atoms with E-state index >= 15 is 0 Å². The van der Waals surface area contributed by atoms with Gasteiger partial charge in [0.1, 0.15) is 11.8 Å². The summed E-state index contributed by atoms with van der Waals surface area (Å²) in [6, 6.07) is 3.51. The Bertz CT molecular complexity index is 387. The molecule has 0 fully saturated rings. The minimum atomic E-state index is -0.0978. The highest BCUT2D eigenvalue weighted by Gasteiger charge is 2.11. The van der Waals surface area contributed by atoms with Crippen molar-refractivity contribution in [3.63, 3.8) is 0 Å². The first-order valence-corrected chi connectivity index (χ1v) is 3.50. The molecule has 0 radical (unpaired) electrons. The fourth-order valence-electron chi connectivity index (χ4n) is 1.06. The molecule has 0 bridgehead atoms. The topological polar surface area (TPSA) is 45.8 Å². The normalized spacial score (nSPS) is 10.6. The summed E-state index contributed by atoms with van der Waals surface area (Å²) in [5.74, 6) is -0.0978. The highest BCUT2D eigenvalue weighted by atomic mass is 16.1. The van der Waals surface area contributed by atoms with Crippen LogP contribution in [0.25, 0.3) is 0 Å². The molecule has 0 aliphatic heterocycles. The van der Waals surface area contributed by atoms with E-state index in [-0.39, 0.29) is 12.7 Å². The first kappa shape index (κ1) is 7.11. The SMILES string of the molecule is [2H]Cc1c(C(C)=O)cc(C#N)n1C. The molecule has 1 heterocycles. The van der Waals surface area contributed by atoms with Gasteiger partial charge in [-0.1, -0.05) is 0 Å². The number of aromatic nitrogens is 1. The summed E-state index contributed by atoms with van der Waals surface area (Å²) in [6.07, 6.45) is 0. The molecule has 0 spiro atoms. The number of rotatable bonds is 1. The molecule has 12 heavy (non-hydrogen) atoms. The molecular weight excluding hydrogens is 152 g/mol. The van der Waals surface area contributed by atoms with Crippen molar-refractivity contribution in [3.05, 3.63) is 23.0 Å². The van der Waals surface area contributed by atoms with Gasteiger partial charge in [0.05, 0.1) is 0 Å². The lowest BCUT2D eigenvalue weighted by atomic mass is 10.2. The molecule has 0 aliphatic rings. The molecule has 62 valence electrons. The van der Waals surface area contributed by atoms with E-state index in [0.29, 0.717) is 17.0 Å². The number of nitrogens with zero attached hydrogens (tertiary/aromatic N) is 2. The molecule has 0 N–H and O–H groups in total. The van der Waals surface area contributed by atoms with Crippen LogP contribution in [0.5, 0.6) is 0 Å². The summed E-state index contributed by atoms with van der Waals surface area (Å²) in [6.45, 7) is 1.46. The molecule has 1 aromatic heterocycles. The molecule has 0 saturated carbocycles. The van der Waals surface area contributed by atoms with Crippen molar-refractivity contribution >= 4 is 5.78 Å². The Kier molecular flexibility index (Phi) is 1.67. The maximum Gasteiger partial charge on any atom is 0.161 e. The molecule has 0 unspecified atom stereocenters. The van der Waals surface area contributed by atoms with Gasteiger partial charge in [-0.2, -0.15) is 5.26 Å². The molecule has 0 atom stereocenters. The number of Topliss-reactive ketones (excluding diaryl/α,β-unsaturated/α-hetero) is 1. The van der Waals surface area contributed by atoms with Gasteiger partial charge in [0, 0.05) is 19.7 Å². The van der Waals surface area contributed by atoms with Crippen molar-refractivity contribution in [2.45, 2.75) is 13.8 Å². The average Bonchev–Trinajstić information content (AvgIpc) is 2.42. The zero-order chi connectivity index (χ0) is 10.0. The van der Waals surface area contributed by atoms with E-state index in [0.717, 1.165) is 0 Å². The largest absolute Gasteiger partial charge is 0.339 e. The van der Waals surface area contributed by atoms with Crippen molar-refractivity contribution < 1.29 is 6.17 Å². The van der Waals surface area contributed by atoms with Crippen molar-refractivity contribution in [3.8, 4) is 6.07 Å². The van der Waals surface area contributed by atoms with Crippen LogP contribution in [0.1, 0.15) is 30.0 Å². The fraction of sp³-hybridized carbons (Fsp3) is 0.333. The van der Waals surface area contributed by atoms with Crippen LogP contribution in [0.2, 0.25) is 0 Å². The number of nitriles is 1. The van der Waals surface area contributed by atoms with Crippen LogP contribution in [-0.2, 0) is 7.05 Å². The van der Waals surface area contributed by atoms with Gasteiger partial charge in [-0.15, -0.1) is 0 Å². The number of carbonyl (C=O) groups is 1. The summed E-state index contributed by atoms with van der Waals surface area (Å²) in [4.78, 5) is 11.1. The van der Waals surface area contributed by atoms with Gasteiger partial charge in [-0.05, 0) is 19.9 Å². The lowest BCUT2D eigenvalue weighted by Crippen LogP contribution is -1.97. The smallest absolute Gasteiger partial charge is 0.161 e. The Balaban J connectivity index is 3.38. The maximum atomic E-state index is 11.1. The Morgan fingerprint density at radius 3 is 2.83 bits per heavy atom. The van der Waals surface area contributed by atoms with Crippen LogP contribution in [0.4, 0.5) is 0 Å². The number of ketones is 1. The second kappa shape index (κ2) is 2.82. The minimum absolute atomic E-state index is 0.0209. The summed E-state index contributed by atoms with van der Waals surface area (Å²) >= 11 is 0. The average molecular weight is 163 g/mol. The minimum Gasteiger partial charge on any atom is -0.339 e. The van der Waals surface area contributed by atoms with E-state index in [1.54, 1.807) is 11.6 Å². The Hall–Kier alpha value is -1.56.